The lowest BCUT2D eigenvalue weighted by atomic mass is 10.0. The molecule has 0 bridgehead atoms. The summed E-state index contributed by atoms with van der Waals surface area (Å²) < 4.78 is 28.6. The molecule has 1 aromatic carbocycles. The topological polar surface area (TPSA) is 69.4 Å². The Bertz CT molecular complexity index is 519. The van der Waals surface area contributed by atoms with Crippen LogP contribution in [0.1, 0.15) is 38.2 Å². The Morgan fingerprint density at radius 2 is 2.00 bits per heavy atom. The van der Waals surface area contributed by atoms with E-state index in [0.717, 1.165) is 18.4 Å². The van der Waals surface area contributed by atoms with Crippen molar-refractivity contribution in [3.05, 3.63) is 23.8 Å². The standard InChI is InChI=1S/C12H17NO3S/c1-8(2)9-3-6-11(16-10-4-5-10)12(7-9)17(13,14)15/h3,6-8,10H,4-5H2,1-2H3,(H2,13,14,15). The first-order valence-electron chi connectivity index (χ1n) is 5.71. The Balaban J connectivity index is 2.43. The van der Waals surface area contributed by atoms with Gasteiger partial charge in [-0.2, -0.15) is 0 Å². The summed E-state index contributed by atoms with van der Waals surface area (Å²) >= 11 is 0. The van der Waals surface area contributed by atoms with Crippen LogP contribution in [0.3, 0.4) is 0 Å². The third kappa shape index (κ3) is 2.98. The zero-order chi connectivity index (χ0) is 12.6. The molecule has 1 aromatic rings. The van der Waals surface area contributed by atoms with Gasteiger partial charge in [0, 0.05) is 0 Å². The fraction of sp³-hybridized carbons (Fsp3) is 0.500. The minimum Gasteiger partial charge on any atom is -0.489 e. The minimum absolute atomic E-state index is 0.0931. The summed E-state index contributed by atoms with van der Waals surface area (Å²) in [5, 5.41) is 5.21. The summed E-state index contributed by atoms with van der Waals surface area (Å²) in [6.45, 7) is 4.01. The molecule has 0 saturated heterocycles. The molecule has 1 aliphatic rings. The lowest BCUT2D eigenvalue weighted by molar-refractivity contribution is 0.295. The number of hydrogen-bond acceptors (Lipinski definition) is 3. The Morgan fingerprint density at radius 1 is 1.35 bits per heavy atom. The minimum atomic E-state index is -3.73. The summed E-state index contributed by atoms with van der Waals surface area (Å²) in [6, 6.07) is 5.20. The van der Waals surface area contributed by atoms with Gasteiger partial charge in [-0.15, -0.1) is 0 Å². The van der Waals surface area contributed by atoms with Crippen LogP contribution in [0, 0.1) is 0 Å². The largest absolute Gasteiger partial charge is 0.489 e. The van der Waals surface area contributed by atoms with Crippen LogP contribution in [0.5, 0.6) is 5.75 Å². The molecule has 0 aliphatic heterocycles. The van der Waals surface area contributed by atoms with Crippen molar-refractivity contribution < 1.29 is 13.2 Å². The number of primary sulfonamides is 1. The van der Waals surface area contributed by atoms with Gasteiger partial charge in [-0.3, -0.25) is 0 Å². The van der Waals surface area contributed by atoms with Crippen molar-refractivity contribution >= 4 is 10.0 Å². The number of rotatable bonds is 4. The molecular formula is C12H17NO3S. The van der Waals surface area contributed by atoms with Crippen molar-refractivity contribution in [1.82, 2.24) is 0 Å². The van der Waals surface area contributed by atoms with Crippen LogP contribution < -0.4 is 9.88 Å². The van der Waals surface area contributed by atoms with Crippen molar-refractivity contribution in [2.24, 2.45) is 5.14 Å². The number of nitrogens with two attached hydrogens (primary N) is 1. The number of benzene rings is 1. The van der Waals surface area contributed by atoms with Gasteiger partial charge in [0.15, 0.2) is 0 Å². The highest BCUT2D eigenvalue weighted by atomic mass is 32.2. The molecule has 2 N–H and O–H groups in total. The smallest absolute Gasteiger partial charge is 0.241 e. The maximum atomic E-state index is 11.5. The zero-order valence-electron chi connectivity index (χ0n) is 10.0. The second-order valence-corrected chi connectivity index (χ2v) is 6.25. The Hall–Kier alpha value is -1.07. The van der Waals surface area contributed by atoms with Crippen LogP contribution in [-0.4, -0.2) is 14.5 Å². The van der Waals surface area contributed by atoms with Gasteiger partial charge >= 0.3 is 0 Å². The average Bonchev–Trinajstić information content (AvgIpc) is 3.00. The van der Waals surface area contributed by atoms with E-state index < -0.39 is 10.0 Å². The quantitative estimate of drug-likeness (QED) is 0.894. The molecule has 1 fully saturated rings. The molecule has 0 unspecified atom stereocenters. The Kier molecular flexibility index (Phi) is 3.14. The third-order valence-electron chi connectivity index (χ3n) is 2.76. The first-order valence-corrected chi connectivity index (χ1v) is 7.26. The van der Waals surface area contributed by atoms with E-state index in [2.05, 4.69) is 0 Å². The summed E-state index contributed by atoms with van der Waals surface area (Å²) in [5.74, 6) is 0.630. The van der Waals surface area contributed by atoms with E-state index in [-0.39, 0.29) is 16.9 Å². The monoisotopic (exact) mass is 255 g/mol. The van der Waals surface area contributed by atoms with Crippen molar-refractivity contribution in [2.75, 3.05) is 0 Å². The van der Waals surface area contributed by atoms with E-state index >= 15 is 0 Å². The average molecular weight is 255 g/mol. The third-order valence-corrected chi connectivity index (χ3v) is 3.69. The van der Waals surface area contributed by atoms with Gasteiger partial charge in [-0.05, 0) is 36.5 Å². The van der Waals surface area contributed by atoms with Crippen molar-refractivity contribution in [3.8, 4) is 5.75 Å². The second-order valence-electron chi connectivity index (χ2n) is 4.72. The van der Waals surface area contributed by atoms with E-state index in [1.165, 1.54) is 0 Å². The molecular weight excluding hydrogens is 238 g/mol. The molecule has 0 heterocycles. The van der Waals surface area contributed by atoms with Crippen molar-refractivity contribution in [2.45, 2.75) is 43.6 Å². The van der Waals surface area contributed by atoms with Crippen LogP contribution in [-0.2, 0) is 10.0 Å². The van der Waals surface area contributed by atoms with Gasteiger partial charge in [0.1, 0.15) is 10.6 Å². The SMILES string of the molecule is CC(C)c1ccc(OC2CC2)c(S(N)(=O)=O)c1. The van der Waals surface area contributed by atoms with Gasteiger partial charge in [-0.25, -0.2) is 13.6 Å². The molecule has 94 valence electrons. The highest BCUT2D eigenvalue weighted by Gasteiger charge is 2.26. The van der Waals surface area contributed by atoms with E-state index in [4.69, 9.17) is 9.88 Å². The van der Waals surface area contributed by atoms with E-state index in [1.807, 2.05) is 19.9 Å². The number of ether oxygens (including phenoxy) is 1. The molecule has 0 aromatic heterocycles. The van der Waals surface area contributed by atoms with Crippen molar-refractivity contribution in [3.63, 3.8) is 0 Å². The molecule has 2 rings (SSSR count). The molecule has 17 heavy (non-hydrogen) atoms. The van der Waals surface area contributed by atoms with Gasteiger partial charge in [0.2, 0.25) is 10.0 Å². The summed E-state index contributed by atoms with van der Waals surface area (Å²) in [7, 11) is -3.73. The number of hydrogen-bond donors (Lipinski definition) is 1. The highest BCUT2D eigenvalue weighted by Crippen LogP contribution is 2.32. The maximum absolute atomic E-state index is 11.5. The molecule has 0 radical (unpaired) electrons. The Labute approximate surface area is 102 Å². The second kappa shape index (κ2) is 4.31. The fourth-order valence-corrected chi connectivity index (χ4v) is 2.27. The molecule has 0 spiro atoms. The van der Waals surface area contributed by atoms with Crippen LogP contribution in [0.4, 0.5) is 0 Å². The van der Waals surface area contributed by atoms with Gasteiger partial charge in [0.25, 0.3) is 0 Å². The van der Waals surface area contributed by atoms with Crippen LogP contribution in [0.15, 0.2) is 23.1 Å². The van der Waals surface area contributed by atoms with Gasteiger partial charge < -0.3 is 4.74 Å². The molecule has 0 amide bonds. The van der Waals surface area contributed by atoms with E-state index in [1.54, 1.807) is 12.1 Å². The molecule has 1 aliphatic carbocycles. The molecule has 0 atom stereocenters. The zero-order valence-corrected chi connectivity index (χ0v) is 10.8. The van der Waals surface area contributed by atoms with Crippen LogP contribution in [0.25, 0.3) is 0 Å². The summed E-state index contributed by atoms with van der Waals surface area (Å²) in [4.78, 5) is 0.0931. The predicted octanol–water partition coefficient (Wildman–Crippen LogP) is 2.00. The molecule has 5 heteroatoms. The van der Waals surface area contributed by atoms with Crippen LogP contribution in [0.2, 0.25) is 0 Å². The summed E-state index contributed by atoms with van der Waals surface area (Å²) in [6.07, 6.45) is 2.12. The van der Waals surface area contributed by atoms with Crippen molar-refractivity contribution in [1.29, 1.82) is 0 Å². The lowest BCUT2D eigenvalue weighted by Crippen LogP contribution is -2.15. The first-order chi connectivity index (χ1) is 7.88. The lowest BCUT2D eigenvalue weighted by Gasteiger charge is -2.12. The van der Waals surface area contributed by atoms with Gasteiger partial charge in [-0.1, -0.05) is 19.9 Å². The van der Waals surface area contributed by atoms with E-state index in [9.17, 15) is 8.42 Å². The predicted molar refractivity (Wildman–Crippen MR) is 65.6 cm³/mol. The number of sulfonamides is 1. The van der Waals surface area contributed by atoms with Crippen LogP contribution >= 0.6 is 0 Å². The molecule has 4 nitrogen and oxygen atoms in total. The first kappa shape index (κ1) is 12.4. The fourth-order valence-electron chi connectivity index (χ4n) is 1.57. The Morgan fingerprint density at radius 3 is 2.47 bits per heavy atom. The molecule has 1 saturated carbocycles. The normalized spacial score (nSPS) is 16.2. The summed E-state index contributed by atoms with van der Waals surface area (Å²) in [5.41, 5.74) is 0.942. The van der Waals surface area contributed by atoms with Gasteiger partial charge in [0.05, 0.1) is 6.10 Å². The maximum Gasteiger partial charge on any atom is 0.241 e. The van der Waals surface area contributed by atoms with E-state index in [0.29, 0.717) is 5.75 Å². The highest BCUT2D eigenvalue weighted by molar-refractivity contribution is 7.89.